The molecule has 1 aliphatic rings. The van der Waals surface area contributed by atoms with Gasteiger partial charge in [-0.1, -0.05) is 18.2 Å². The Morgan fingerprint density at radius 3 is 2.53 bits per heavy atom. The van der Waals surface area contributed by atoms with Crippen LogP contribution in [0.5, 0.6) is 5.75 Å². The fourth-order valence-corrected chi connectivity index (χ4v) is 3.97. The molecule has 1 aliphatic heterocycles. The molecule has 1 N–H and O–H groups in total. The maximum absolute atomic E-state index is 13.6. The molecule has 0 spiro atoms. The number of anilines is 1. The van der Waals surface area contributed by atoms with Gasteiger partial charge in [-0.2, -0.15) is 0 Å². The second-order valence-corrected chi connectivity index (χ2v) is 7.47. The van der Waals surface area contributed by atoms with Crippen molar-refractivity contribution >= 4 is 22.7 Å². The van der Waals surface area contributed by atoms with E-state index in [1.807, 2.05) is 13.8 Å². The smallest absolute Gasteiger partial charge is 0.296 e. The number of pyridine rings is 1. The summed E-state index contributed by atoms with van der Waals surface area (Å²) in [7, 11) is 0. The lowest BCUT2D eigenvalue weighted by atomic mass is 9.97. The Labute approximate surface area is 172 Å². The second-order valence-electron chi connectivity index (χ2n) is 7.47. The summed E-state index contributed by atoms with van der Waals surface area (Å²) >= 11 is 0. The third-order valence-corrected chi connectivity index (χ3v) is 5.57. The number of aromatic hydroxyl groups is 1. The van der Waals surface area contributed by atoms with Gasteiger partial charge in [-0.3, -0.25) is 14.5 Å². The number of nitrogens with zero attached hydrogens (tertiary/aromatic N) is 2. The largest absolute Gasteiger partial charge is 0.508 e. The SMILES string of the molecule is Cc1cc2oc3c(c(=O)c2cc1C)C(c1cccc(O)c1)N(c1ccccn1)C3=O. The summed E-state index contributed by atoms with van der Waals surface area (Å²) in [6, 6.07) is 14.6. The highest BCUT2D eigenvalue weighted by Gasteiger charge is 2.44. The summed E-state index contributed by atoms with van der Waals surface area (Å²) < 4.78 is 5.99. The molecule has 30 heavy (non-hydrogen) atoms. The fourth-order valence-electron chi connectivity index (χ4n) is 3.97. The lowest BCUT2D eigenvalue weighted by Crippen LogP contribution is -2.30. The van der Waals surface area contributed by atoms with Crippen LogP contribution in [0.2, 0.25) is 0 Å². The van der Waals surface area contributed by atoms with Crippen LogP contribution < -0.4 is 10.3 Å². The number of benzene rings is 2. The van der Waals surface area contributed by atoms with Crippen molar-refractivity contribution < 1.29 is 14.3 Å². The third-order valence-electron chi connectivity index (χ3n) is 5.57. The van der Waals surface area contributed by atoms with E-state index < -0.39 is 11.9 Å². The lowest BCUT2D eigenvalue weighted by molar-refractivity contribution is 0.0970. The molecule has 0 aliphatic carbocycles. The predicted molar refractivity (Wildman–Crippen MR) is 113 cm³/mol. The standard InChI is InChI=1S/C24H18N2O4/c1-13-10-17-18(11-14(13)2)30-23-20(22(17)28)21(15-6-5-7-16(27)12-15)26(24(23)29)19-8-3-4-9-25-19/h3-12,21,27H,1-2H3. The first-order valence-corrected chi connectivity index (χ1v) is 9.57. The Balaban J connectivity index is 1.85. The minimum atomic E-state index is -0.753. The zero-order valence-electron chi connectivity index (χ0n) is 16.4. The first-order valence-electron chi connectivity index (χ1n) is 9.57. The summed E-state index contributed by atoms with van der Waals surface area (Å²) in [6.07, 6.45) is 1.59. The van der Waals surface area contributed by atoms with Gasteiger partial charge < -0.3 is 9.52 Å². The van der Waals surface area contributed by atoms with Crippen LogP contribution in [0.4, 0.5) is 5.82 Å². The van der Waals surface area contributed by atoms with Gasteiger partial charge in [-0.05, 0) is 66.9 Å². The first kappa shape index (κ1) is 18.1. The van der Waals surface area contributed by atoms with Gasteiger partial charge in [0.2, 0.25) is 5.76 Å². The van der Waals surface area contributed by atoms with Crippen LogP contribution >= 0.6 is 0 Å². The monoisotopic (exact) mass is 398 g/mol. The number of phenols is 1. The number of aromatic nitrogens is 1. The van der Waals surface area contributed by atoms with Gasteiger partial charge in [0.15, 0.2) is 5.43 Å². The summed E-state index contributed by atoms with van der Waals surface area (Å²) in [5.74, 6) is 0.0214. The molecule has 6 nitrogen and oxygen atoms in total. The van der Waals surface area contributed by atoms with E-state index >= 15 is 0 Å². The molecule has 0 fully saturated rings. The molecular weight excluding hydrogens is 380 g/mol. The van der Waals surface area contributed by atoms with Crippen LogP contribution in [-0.2, 0) is 0 Å². The van der Waals surface area contributed by atoms with E-state index in [9.17, 15) is 14.7 Å². The van der Waals surface area contributed by atoms with E-state index in [1.54, 1.807) is 60.8 Å². The summed E-state index contributed by atoms with van der Waals surface area (Å²) in [5.41, 5.74) is 2.93. The van der Waals surface area contributed by atoms with Crippen LogP contribution in [0, 0.1) is 13.8 Å². The predicted octanol–water partition coefficient (Wildman–Crippen LogP) is 4.26. The van der Waals surface area contributed by atoms with Crippen molar-refractivity contribution in [2.24, 2.45) is 0 Å². The molecule has 0 saturated carbocycles. The molecular formula is C24H18N2O4. The Morgan fingerprint density at radius 2 is 1.80 bits per heavy atom. The number of phenolic OH excluding ortho intramolecular Hbond substituents is 1. The number of rotatable bonds is 2. The molecule has 1 atom stereocenters. The molecule has 6 heteroatoms. The zero-order valence-corrected chi connectivity index (χ0v) is 16.4. The van der Waals surface area contributed by atoms with Gasteiger partial charge in [0.25, 0.3) is 5.91 Å². The number of hydrogen-bond acceptors (Lipinski definition) is 5. The van der Waals surface area contributed by atoms with E-state index in [0.717, 1.165) is 11.1 Å². The fraction of sp³-hybridized carbons (Fsp3) is 0.125. The van der Waals surface area contributed by atoms with Crippen LogP contribution in [-0.4, -0.2) is 16.0 Å². The molecule has 0 saturated heterocycles. The number of carbonyl (C=O) groups is 1. The van der Waals surface area contributed by atoms with Gasteiger partial charge in [0, 0.05) is 6.20 Å². The Hall–Kier alpha value is -3.93. The third kappa shape index (κ3) is 2.61. The number of fused-ring (bicyclic) bond motifs is 2. The maximum atomic E-state index is 13.6. The minimum Gasteiger partial charge on any atom is -0.508 e. The molecule has 2 aromatic carbocycles. The van der Waals surface area contributed by atoms with Crippen molar-refractivity contribution in [1.29, 1.82) is 0 Å². The topological polar surface area (TPSA) is 83.6 Å². The lowest BCUT2D eigenvalue weighted by Gasteiger charge is -2.24. The van der Waals surface area contributed by atoms with Gasteiger partial charge in [0.1, 0.15) is 17.2 Å². The summed E-state index contributed by atoms with van der Waals surface area (Å²) in [4.78, 5) is 32.7. The Kier molecular flexibility index (Phi) is 3.96. The average molecular weight is 398 g/mol. The highest BCUT2D eigenvalue weighted by molar-refractivity contribution is 6.10. The molecule has 4 aromatic rings. The van der Waals surface area contributed by atoms with Crippen molar-refractivity contribution in [3.8, 4) is 5.75 Å². The Morgan fingerprint density at radius 1 is 1.00 bits per heavy atom. The molecule has 3 heterocycles. The second kappa shape index (κ2) is 6.56. The van der Waals surface area contributed by atoms with Crippen LogP contribution in [0.15, 0.2) is 70.0 Å². The molecule has 0 bridgehead atoms. The van der Waals surface area contributed by atoms with Crippen LogP contribution in [0.1, 0.15) is 38.9 Å². The van der Waals surface area contributed by atoms with Crippen molar-refractivity contribution in [2.45, 2.75) is 19.9 Å². The highest BCUT2D eigenvalue weighted by atomic mass is 16.3. The van der Waals surface area contributed by atoms with E-state index in [2.05, 4.69) is 4.98 Å². The number of carbonyl (C=O) groups excluding carboxylic acids is 1. The number of hydrogen-bond donors (Lipinski definition) is 1. The van der Waals surface area contributed by atoms with E-state index in [1.165, 1.54) is 4.90 Å². The summed E-state index contributed by atoms with van der Waals surface area (Å²) in [5, 5.41) is 10.5. The first-order chi connectivity index (χ1) is 14.5. The number of aryl methyl sites for hydroxylation is 2. The van der Waals surface area contributed by atoms with Crippen molar-refractivity contribution in [1.82, 2.24) is 4.98 Å². The van der Waals surface area contributed by atoms with Crippen molar-refractivity contribution in [3.63, 3.8) is 0 Å². The summed E-state index contributed by atoms with van der Waals surface area (Å²) in [6.45, 7) is 3.86. The van der Waals surface area contributed by atoms with Gasteiger partial charge >= 0.3 is 0 Å². The van der Waals surface area contributed by atoms with Crippen LogP contribution in [0.25, 0.3) is 11.0 Å². The molecule has 0 radical (unpaired) electrons. The minimum absolute atomic E-state index is 0.00903. The van der Waals surface area contributed by atoms with Crippen molar-refractivity contribution in [3.05, 3.63) is 99.0 Å². The van der Waals surface area contributed by atoms with Gasteiger partial charge in [0.05, 0.1) is 17.0 Å². The molecule has 2 aromatic heterocycles. The molecule has 1 amide bonds. The normalized spacial score (nSPS) is 15.6. The molecule has 5 rings (SSSR count). The quantitative estimate of drug-likeness (QED) is 0.545. The average Bonchev–Trinajstić information content (AvgIpc) is 3.03. The van der Waals surface area contributed by atoms with Crippen LogP contribution in [0.3, 0.4) is 0 Å². The zero-order chi connectivity index (χ0) is 21.0. The molecule has 148 valence electrons. The van der Waals surface area contributed by atoms with E-state index in [-0.39, 0.29) is 22.5 Å². The molecule has 1 unspecified atom stereocenters. The van der Waals surface area contributed by atoms with Gasteiger partial charge in [-0.15, -0.1) is 0 Å². The van der Waals surface area contributed by atoms with E-state index in [0.29, 0.717) is 22.4 Å². The Bertz CT molecular complexity index is 1380. The number of amides is 1. The van der Waals surface area contributed by atoms with E-state index in [4.69, 9.17) is 4.42 Å². The highest BCUT2D eigenvalue weighted by Crippen LogP contribution is 2.41. The van der Waals surface area contributed by atoms with Crippen molar-refractivity contribution in [2.75, 3.05) is 4.90 Å². The maximum Gasteiger partial charge on any atom is 0.296 e. The van der Waals surface area contributed by atoms with Gasteiger partial charge in [-0.25, -0.2) is 4.98 Å².